The Morgan fingerprint density at radius 1 is 1.09 bits per heavy atom. The van der Waals surface area contributed by atoms with Crippen molar-refractivity contribution in [3.8, 4) is 0 Å². The van der Waals surface area contributed by atoms with Crippen LogP contribution in [0.15, 0.2) is 76.6 Å². The van der Waals surface area contributed by atoms with E-state index in [-0.39, 0.29) is 0 Å². The van der Waals surface area contributed by atoms with E-state index in [0.717, 1.165) is 32.5 Å². The maximum atomic E-state index is 3.94. The van der Waals surface area contributed by atoms with Crippen LogP contribution in [0.2, 0.25) is 0 Å². The lowest BCUT2D eigenvalue weighted by atomic mass is 9.96. The smallest absolute Gasteiger partial charge is 0.0423 e. The number of hydrogen-bond acceptors (Lipinski definition) is 3. The van der Waals surface area contributed by atoms with Gasteiger partial charge in [-0.1, -0.05) is 56.6 Å². The zero-order chi connectivity index (χ0) is 24.2. The summed E-state index contributed by atoms with van der Waals surface area (Å²) < 4.78 is 0. The van der Waals surface area contributed by atoms with Gasteiger partial charge in [0, 0.05) is 31.5 Å². The van der Waals surface area contributed by atoms with Crippen LogP contribution in [-0.2, 0) is 0 Å². The molecule has 0 amide bonds. The molecule has 1 N–H and O–H groups in total. The van der Waals surface area contributed by atoms with Crippen molar-refractivity contribution in [2.24, 2.45) is 10.9 Å². The zero-order valence-electron chi connectivity index (χ0n) is 21.8. The Kier molecular flexibility index (Phi) is 18.2. The van der Waals surface area contributed by atoms with Crippen molar-refractivity contribution < 1.29 is 0 Å². The van der Waals surface area contributed by atoms with Gasteiger partial charge in [0.15, 0.2) is 0 Å². The minimum Gasteiger partial charge on any atom is -0.370 e. The first-order valence-electron chi connectivity index (χ1n) is 12.3. The molecule has 0 heterocycles. The molecule has 0 aliphatic carbocycles. The molecule has 1 unspecified atom stereocenters. The summed E-state index contributed by atoms with van der Waals surface area (Å²) in [7, 11) is 1.98. The van der Waals surface area contributed by atoms with Gasteiger partial charge in [0.1, 0.15) is 0 Å². The Morgan fingerprint density at radius 3 is 2.41 bits per heavy atom. The average molecular weight is 440 g/mol. The third-order valence-electron chi connectivity index (χ3n) is 5.55. The third-order valence-corrected chi connectivity index (χ3v) is 5.55. The summed E-state index contributed by atoms with van der Waals surface area (Å²) in [6.45, 7) is 21.5. The van der Waals surface area contributed by atoms with Crippen LogP contribution in [0.1, 0.15) is 73.1 Å². The molecule has 180 valence electrons. The second-order valence-corrected chi connectivity index (χ2v) is 8.59. The van der Waals surface area contributed by atoms with Gasteiger partial charge in [0.05, 0.1) is 0 Å². The first-order chi connectivity index (χ1) is 15.4. The van der Waals surface area contributed by atoms with Gasteiger partial charge in [-0.25, -0.2) is 0 Å². The highest BCUT2D eigenvalue weighted by molar-refractivity contribution is 5.31. The molecule has 0 spiro atoms. The van der Waals surface area contributed by atoms with Crippen molar-refractivity contribution in [1.29, 1.82) is 0 Å². The van der Waals surface area contributed by atoms with Gasteiger partial charge in [-0.3, -0.25) is 4.99 Å². The molecule has 0 aromatic heterocycles. The van der Waals surface area contributed by atoms with Gasteiger partial charge in [-0.05, 0) is 89.4 Å². The maximum absolute atomic E-state index is 3.94. The minimum atomic E-state index is 0.668. The molecular formula is C29H49N3. The molecule has 0 aromatic rings. The molecule has 0 aliphatic heterocycles. The van der Waals surface area contributed by atoms with E-state index in [2.05, 4.69) is 93.5 Å². The summed E-state index contributed by atoms with van der Waals surface area (Å²) in [5, 5.41) is 3.28. The van der Waals surface area contributed by atoms with Crippen molar-refractivity contribution in [3.05, 3.63) is 71.7 Å². The molecular weight excluding hydrogens is 390 g/mol. The van der Waals surface area contributed by atoms with Gasteiger partial charge >= 0.3 is 0 Å². The largest absolute Gasteiger partial charge is 0.370 e. The van der Waals surface area contributed by atoms with Crippen molar-refractivity contribution in [2.75, 3.05) is 26.7 Å². The van der Waals surface area contributed by atoms with Gasteiger partial charge in [0.25, 0.3) is 0 Å². The Hall–Kier alpha value is -2.13. The maximum Gasteiger partial charge on any atom is 0.0423 e. The van der Waals surface area contributed by atoms with E-state index in [9.17, 15) is 0 Å². The number of nitrogens with zero attached hydrogens (tertiary/aromatic N) is 2. The molecule has 32 heavy (non-hydrogen) atoms. The van der Waals surface area contributed by atoms with Crippen LogP contribution in [0, 0.1) is 5.92 Å². The van der Waals surface area contributed by atoms with Gasteiger partial charge in [-0.15, -0.1) is 6.58 Å². The standard InChI is InChI=1S/C29H49N3/c1-9-13-17-28(16-11-3)24-32(23-27(12-4)20-25(5)15-10-2)26(6)21-29(22-31-8)18-14-19-30-7/h9,12,14,18-21,28,31H,1,7,10-11,13,15-17,22-24H2,2-6,8H3/b19-14+,25-20-,26-21+,27-12+,29-18+. The highest BCUT2D eigenvalue weighted by atomic mass is 15.1. The van der Waals surface area contributed by atoms with E-state index < -0.39 is 0 Å². The van der Waals surface area contributed by atoms with E-state index in [1.165, 1.54) is 48.1 Å². The number of hydrogen-bond donors (Lipinski definition) is 1. The number of nitrogens with one attached hydrogen (secondary N) is 1. The number of likely N-dealkylation sites (N-methyl/N-ethyl adjacent to an activating group) is 1. The number of allylic oxidation sites excluding steroid dienone is 6. The molecule has 3 heteroatoms. The lowest BCUT2D eigenvalue weighted by molar-refractivity contribution is 0.282. The molecule has 0 aliphatic rings. The van der Waals surface area contributed by atoms with Crippen molar-refractivity contribution in [3.63, 3.8) is 0 Å². The predicted octanol–water partition coefficient (Wildman–Crippen LogP) is 7.63. The highest BCUT2D eigenvalue weighted by Crippen LogP contribution is 2.21. The van der Waals surface area contributed by atoms with E-state index >= 15 is 0 Å². The van der Waals surface area contributed by atoms with Crippen molar-refractivity contribution >= 4 is 6.72 Å². The summed E-state index contributed by atoms with van der Waals surface area (Å²) in [5.41, 5.74) is 5.37. The summed E-state index contributed by atoms with van der Waals surface area (Å²) >= 11 is 0. The zero-order valence-corrected chi connectivity index (χ0v) is 21.8. The fourth-order valence-corrected chi connectivity index (χ4v) is 3.91. The topological polar surface area (TPSA) is 27.6 Å². The monoisotopic (exact) mass is 439 g/mol. The van der Waals surface area contributed by atoms with Crippen LogP contribution < -0.4 is 5.32 Å². The lowest BCUT2D eigenvalue weighted by Crippen LogP contribution is -2.30. The molecule has 0 bridgehead atoms. The fourth-order valence-electron chi connectivity index (χ4n) is 3.91. The number of aliphatic imine (C=N–C) groups is 1. The summed E-state index contributed by atoms with van der Waals surface area (Å²) in [6, 6.07) is 0. The number of rotatable bonds is 18. The lowest BCUT2D eigenvalue weighted by Gasteiger charge is -2.31. The Labute approximate surface area is 199 Å². The van der Waals surface area contributed by atoms with E-state index in [0.29, 0.717) is 5.92 Å². The molecule has 0 rings (SSSR count). The first kappa shape index (κ1) is 29.9. The molecule has 0 saturated heterocycles. The van der Waals surface area contributed by atoms with Gasteiger partial charge in [0.2, 0.25) is 0 Å². The molecule has 0 saturated carbocycles. The van der Waals surface area contributed by atoms with Crippen LogP contribution in [0.5, 0.6) is 0 Å². The van der Waals surface area contributed by atoms with Crippen molar-refractivity contribution in [2.45, 2.75) is 73.1 Å². The van der Waals surface area contributed by atoms with E-state index in [1.54, 1.807) is 6.20 Å². The SMILES string of the molecule is C=CCCC(CCC)CN(CC(/C=C(/C)CCC)=C/C)/C(C)=C/C(=C\C=C\N=C)CNC. The Bertz CT molecular complexity index is 677. The second kappa shape index (κ2) is 19.5. The van der Waals surface area contributed by atoms with Crippen molar-refractivity contribution in [1.82, 2.24) is 10.2 Å². The summed E-state index contributed by atoms with van der Waals surface area (Å²) in [4.78, 5) is 6.38. The Morgan fingerprint density at radius 2 is 1.84 bits per heavy atom. The summed E-state index contributed by atoms with van der Waals surface area (Å²) in [5.74, 6) is 0.668. The molecule has 0 fully saturated rings. The van der Waals surface area contributed by atoms with Gasteiger partial charge in [-0.2, -0.15) is 0 Å². The quantitative estimate of drug-likeness (QED) is 0.135. The molecule has 0 radical (unpaired) electrons. The second-order valence-electron chi connectivity index (χ2n) is 8.59. The molecule has 1 atom stereocenters. The van der Waals surface area contributed by atoms with E-state index in [4.69, 9.17) is 0 Å². The summed E-state index contributed by atoms with van der Waals surface area (Å²) in [6.07, 6.45) is 21.9. The predicted molar refractivity (Wildman–Crippen MR) is 146 cm³/mol. The van der Waals surface area contributed by atoms with Crippen LogP contribution in [0.4, 0.5) is 0 Å². The van der Waals surface area contributed by atoms with Crippen LogP contribution in [-0.4, -0.2) is 38.3 Å². The highest BCUT2D eigenvalue weighted by Gasteiger charge is 2.15. The van der Waals surface area contributed by atoms with Crippen LogP contribution in [0.25, 0.3) is 0 Å². The molecule has 3 nitrogen and oxygen atoms in total. The fraction of sp³-hybridized carbons (Fsp3) is 0.552. The molecule has 0 aromatic carbocycles. The van der Waals surface area contributed by atoms with Crippen LogP contribution in [0.3, 0.4) is 0 Å². The minimum absolute atomic E-state index is 0.668. The van der Waals surface area contributed by atoms with Crippen LogP contribution >= 0.6 is 0 Å². The Balaban J connectivity index is 5.95. The van der Waals surface area contributed by atoms with E-state index in [1.807, 2.05) is 13.1 Å². The first-order valence-corrected chi connectivity index (χ1v) is 12.3. The van der Waals surface area contributed by atoms with Gasteiger partial charge < -0.3 is 10.2 Å². The normalized spacial score (nSPS) is 14.7. The average Bonchev–Trinajstić information content (AvgIpc) is 2.76. The third kappa shape index (κ3) is 14.0.